The number of hydrogen-bond acceptors (Lipinski definition) is 4. The molecular weight excluding hydrogens is 348 g/mol. The average molecular weight is 374 g/mol. The zero-order valence-corrected chi connectivity index (χ0v) is 16.1. The van der Waals surface area contributed by atoms with Gasteiger partial charge in [0.2, 0.25) is 0 Å². The molecule has 5 heterocycles. The number of fused-ring (bicyclic) bond motifs is 2. The summed E-state index contributed by atoms with van der Waals surface area (Å²) in [5.41, 5.74) is 2.01. The van der Waals surface area contributed by atoms with E-state index in [1.165, 1.54) is 44.3 Å². The second-order valence-corrected chi connectivity index (χ2v) is 8.93. The molecule has 5 nitrogen and oxygen atoms in total. The Balaban J connectivity index is 1.33. The van der Waals surface area contributed by atoms with Gasteiger partial charge in [-0.15, -0.1) is 0 Å². The van der Waals surface area contributed by atoms with Crippen LogP contribution in [0.15, 0.2) is 42.7 Å². The van der Waals surface area contributed by atoms with Gasteiger partial charge in [-0.3, -0.25) is 9.69 Å². The second-order valence-electron chi connectivity index (χ2n) is 8.93. The summed E-state index contributed by atoms with van der Waals surface area (Å²) in [6, 6.07) is 11.5. The van der Waals surface area contributed by atoms with Crippen molar-refractivity contribution in [2.24, 2.45) is 5.92 Å². The van der Waals surface area contributed by atoms with E-state index < -0.39 is 0 Å². The van der Waals surface area contributed by atoms with Gasteiger partial charge in [0, 0.05) is 36.8 Å². The van der Waals surface area contributed by atoms with Crippen molar-refractivity contribution in [2.75, 3.05) is 19.6 Å². The van der Waals surface area contributed by atoms with Gasteiger partial charge in [0.15, 0.2) is 0 Å². The van der Waals surface area contributed by atoms with Crippen LogP contribution < -0.4 is 0 Å². The molecule has 28 heavy (non-hydrogen) atoms. The van der Waals surface area contributed by atoms with Crippen molar-refractivity contribution in [1.29, 1.82) is 0 Å². The first-order valence-electron chi connectivity index (χ1n) is 10.7. The third kappa shape index (κ3) is 2.60. The first-order valence-corrected chi connectivity index (χ1v) is 10.7. The summed E-state index contributed by atoms with van der Waals surface area (Å²) in [4.78, 5) is 27.3. The number of benzene rings is 1. The molecule has 4 saturated heterocycles. The van der Waals surface area contributed by atoms with Gasteiger partial charge in [-0.2, -0.15) is 0 Å². The first-order chi connectivity index (χ1) is 13.8. The molecule has 1 aromatic heterocycles. The van der Waals surface area contributed by atoms with Gasteiger partial charge in [0.05, 0.1) is 11.6 Å². The van der Waals surface area contributed by atoms with Gasteiger partial charge in [0.25, 0.3) is 5.91 Å². The van der Waals surface area contributed by atoms with Crippen molar-refractivity contribution in [3.05, 3.63) is 59.7 Å². The van der Waals surface area contributed by atoms with Crippen molar-refractivity contribution in [2.45, 2.75) is 49.6 Å². The molecule has 4 aliphatic heterocycles. The molecule has 0 radical (unpaired) electrons. The molecule has 0 spiro atoms. The summed E-state index contributed by atoms with van der Waals surface area (Å²) in [7, 11) is 0. The third-order valence-electron chi connectivity index (χ3n) is 7.34. The summed E-state index contributed by atoms with van der Waals surface area (Å²) in [5.74, 6) is 2.55. The number of amides is 1. The van der Waals surface area contributed by atoms with Crippen LogP contribution in [0, 0.1) is 5.92 Å². The van der Waals surface area contributed by atoms with E-state index in [2.05, 4.69) is 50.1 Å². The van der Waals surface area contributed by atoms with Crippen LogP contribution in [0.1, 0.15) is 59.3 Å². The number of nitrogens with zero attached hydrogens (tertiary/aromatic N) is 4. The van der Waals surface area contributed by atoms with E-state index in [0.29, 0.717) is 35.4 Å². The van der Waals surface area contributed by atoms with E-state index in [1.807, 2.05) is 0 Å². The Labute approximate surface area is 165 Å². The van der Waals surface area contributed by atoms with Crippen molar-refractivity contribution in [3.8, 4) is 0 Å². The van der Waals surface area contributed by atoms with Crippen molar-refractivity contribution < 1.29 is 4.79 Å². The molecule has 1 amide bonds. The topological polar surface area (TPSA) is 49.3 Å². The monoisotopic (exact) mass is 374 g/mol. The summed E-state index contributed by atoms with van der Waals surface area (Å²) < 4.78 is 0. The standard InChI is InChI=1S/C23H26N4O/c28-23(18-12-24-22(25-13-18)17-6-7-17)27-14-19(15-4-2-1-3-5-15)21-20(27)16-8-10-26(21)11-9-16/h1-5,12-13,16-17,19-21H,6-11,14H2/t19-,20+,21+/m0/s1. The first kappa shape index (κ1) is 16.7. The highest BCUT2D eigenvalue weighted by Gasteiger charge is 2.54. The van der Waals surface area contributed by atoms with E-state index in [1.54, 1.807) is 12.4 Å². The Morgan fingerprint density at radius 3 is 2.32 bits per heavy atom. The number of aromatic nitrogens is 2. The molecule has 1 aliphatic carbocycles. The molecule has 5 aliphatic rings. The predicted octanol–water partition coefficient (Wildman–Crippen LogP) is 3.06. The zero-order valence-electron chi connectivity index (χ0n) is 16.1. The molecule has 7 rings (SSSR count). The van der Waals surface area contributed by atoms with Gasteiger partial charge in [-0.1, -0.05) is 30.3 Å². The minimum atomic E-state index is 0.115. The van der Waals surface area contributed by atoms with Crippen LogP contribution in [-0.2, 0) is 0 Å². The normalized spacial score (nSPS) is 33.7. The molecule has 1 saturated carbocycles. The van der Waals surface area contributed by atoms with Crippen LogP contribution in [0.5, 0.6) is 0 Å². The summed E-state index contributed by atoms with van der Waals surface area (Å²) in [5, 5.41) is 0. The fourth-order valence-corrected chi connectivity index (χ4v) is 5.81. The Morgan fingerprint density at radius 2 is 1.64 bits per heavy atom. The lowest BCUT2D eigenvalue weighted by atomic mass is 9.75. The maximum atomic E-state index is 13.5. The van der Waals surface area contributed by atoms with Crippen molar-refractivity contribution in [1.82, 2.24) is 19.8 Å². The van der Waals surface area contributed by atoms with Crippen LogP contribution in [0.3, 0.4) is 0 Å². The van der Waals surface area contributed by atoms with Crippen LogP contribution in [-0.4, -0.2) is 57.4 Å². The van der Waals surface area contributed by atoms with E-state index in [9.17, 15) is 4.79 Å². The van der Waals surface area contributed by atoms with Crippen LogP contribution >= 0.6 is 0 Å². The Hall–Kier alpha value is -2.27. The summed E-state index contributed by atoms with van der Waals surface area (Å²) in [6.45, 7) is 3.16. The molecule has 0 unspecified atom stereocenters. The number of likely N-dealkylation sites (tertiary alicyclic amines) is 1. The third-order valence-corrected chi connectivity index (χ3v) is 7.34. The summed E-state index contributed by atoms with van der Waals surface area (Å²) >= 11 is 0. The predicted molar refractivity (Wildman–Crippen MR) is 106 cm³/mol. The average Bonchev–Trinajstić information content (AvgIpc) is 3.54. The van der Waals surface area contributed by atoms with E-state index in [-0.39, 0.29) is 5.91 Å². The smallest absolute Gasteiger partial charge is 0.257 e. The lowest BCUT2D eigenvalue weighted by Gasteiger charge is -2.51. The minimum absolute atomic E-state index is 0.115. The van der Waals surface area contributed by atoms with E-state index in [0.717, 1.165) is 12.4 Å². The molecule has 2 bridgehead atoms. The Bertz CT molecular complexity index is 871. The molecule has 5 fully saturated rings. The highest BCUT2D eigenvalue weighted by Crippen LogP contribution is 2.47. The van der Waals surface area contributed by atoms with Crippen molar-refractivity contribution in [3.63, 3.8) is 0 Å². The quantitative estimate of drug-likeness (QED) is 0.829. The van der Waals surface area contributed by atoms with E-state index in [4.69, 9.17) is 0 Å². The maximum Gasteiger partial charge on any atom is 0.257 e. The minimum Gasteiger partial charge on any atom is -0.333 e. The molecule has 0 N–H and O–H groups in total. The lowest BCUT2D eigenvalue weighted by molar-refractivity contribution is -0.00343. The molecule has 3 atom stereocenters. The fraction of sp³-hybridized carbons (Fsp3) is 0.522. The van der Waals surface area contributed by atoms with Gasteiger partial charge in [-0.05, 0) is 50.3 Å². The van der Waals surface area contributed by atoms with Crippen LogP contribution in [0.4, 0.5) is 0 Å². The second kappa shape index (κ2) is 6.38. The molecular formula is C23H26N4O. The summed E-state index contributed by atoms with van der Waals surface area (Å²) in [6.07, 6.45) is 8.30. The van der Waals surface area contributed by atoms with Gasteiger partial charge in [-0.25, -0.2) is 9.97 Å². The molecule has 2 aromatic rings. The molecule has 1 aromatic carbocycles. The van der Waals surface area contributed by atoms with Gasteiger partial charge in [0.1, 0.15) is 5.82 Å². The highest BCUT2D eigenvalue weighted by molar-refractivity contribution is 5.94. The Kier molecular flexibility index (Phi) is 3.80. The van der Waals surface area contributed by atoms with Crippen LogP contribution in [0.2, 0.25) is 0 Å². The molecule has 5 heteroatoms. The van der Waals surface area contributed by atoms with Crippen LogP contribution in [0.25, 0.3) is 0 Å². The number of carbonyl (C=O) groups is 1. The Morgan fingerprint density at radius 1 is 0.929 bits per heavy atom. The lowest BCUT2D eigenvalue weighted by Crippen LogP contribution is -2.60. The maximum absolute atomic E-state index is 13.5. The van der Waals surface area contributed by atoms with Gasteiger partial charge >= 0.3 is 0 Å². The van der Waals surface area contributed by atoms with E-state index >= 15 is 0 Å². The van der Waals surface area contributed by atoms with Crippen molar-refractivity contribution >= 4 is 5.91 Å². The number of piperidine rings is 3. The number of carbonyl (C=O) groups excluding carboxylic acids is 1. The highest BCUT2D eigenvalue weighted by atomic mass is 16.2. The fourth-order valence-electron chi connectivity index (χ4n) is 5.81. The number of hydrogen-bond donors (Lipinski definition) is 0. The molecule has 144 valence electrons. The number of rotatable bonds is 3. The zero-order chi connectivity index (χ0) is 18.7. The van der Waals surface area contributed by atoms with Gasteiger partial charge < -0.3 is 4.90 Å². The largest absolute Gasteiger partial charge is 0.333 e. The SMILES string of the molecule is O=C(c1cnc(C2CC2)nc1)N1C[C@@H](c2ccccc2)[C@@H]2[C@H]1C1CCN2CC1.